The van der Waals surface area contributed by atoms with Crippen LogP contribution in [-0.2, 0) is 4.79 Å². The summed E-state index contributed by atoms with van der Waals surface area (Å²) in [5.74, 6) is 0.603. The number of carbonyl (C=O) groups is 1. The van der Waals surface area contributed by atoms with Crippen LogP contribution in [0.5, 0.6) is 0 Å². The third kappa shape index (κ3) is 4.30. The number of thioether (sulfide) groups is 2. The number of aliphatic hydroxyl groups excluding tert-OH is 1. The van der Waals surface area contributed by atoms with Crippen molar-refractivity contribution in [2.75, 3.05) is 5.75 Å². The van der Waals surface area contributed by atoms with E-state index in [4.69, 9.17) is 0 Å². The van der Waals surface area contributed by atoms with Gasteiger partial charge in [0.2, 0.25) is 0 Å². The summed E-state index contributed by atoms with van der Waals surface area (Å²) >= 11 is 3.51. The van der Waals surface area contributed by atoms with Crippen LogP contribution in [0.25, 0.3) is 0 Å². The minimum atomic E-state index is -0.340. The van der Waals surface area contributed by atoms with Crippen LogP contribution < -0.4 is 5.32 Å². The lowest BCUT2D eigenvalue weighted by atomic mass is 9.86. The molecule has 2 N–H and O–H groups in total. The van der Waals surface area contributed by atoms with Gasteiger partial charge in [-0.05, 0) is 25.7 Å². The molecule has 24 heavy (non-hydrogen) atoms. The Kier molecular flexibility index (Phi) is 6.54. The first-order chi connectivity index (χ1) is 11.7. The van der Waals surface area contributed by atoms with E-state index in [-0.39, 0.29) is 28.9 Å². The number of amides is 1. The number of hydrogen-bond acceptors (Lipinski definition) is 5. The van der Waals surface area contributed by atoms with Crippen molar-refractivity contribution in [1.82, 2.24) is 5.32 Å². The van der Waals surface area contributed by atoms with Crippen LogP contribution in [0.1, 0.15) is 57.8 Å². The summed E-state index contributed by atoms with van der Waals surface area (Å²) in [5, 5.41) is 23.2. The number of aliphatic hydroxyl groups is 1. The first-order valence-corrected chi connectivity index (χ1v) is 11.0. The third-order valence-electron chi connectivity index (χ3n) is 5.33. The second-order valence-electron chi connectivity index (χ2n) is 7.01. The molecule has 4 nitrogen and oxygen atoms in total. The molecule has 3 unspecified atom stereocenters. The quantitative estimate of drug-likeness (QED) is 0.796. The summed E-state index contributed by atoms with van der Waals surface area (Å²) in [7, 11) is 0. The van der Waals surface area contributed by atoms with Crippen molar-refractivity contribution in [2.24, 2.45) is 5.92 Å². The Labute approximate surface area is 152 Å². The minimum Gasteiger partial charge on any atom is -0.393 e. The number of nitriles is 1. The molecule has 2 saturated carbocycles. The Morgan fingerprint density at radius 2 is 1.88 bits per heavy atom. The molecule has 0 radical (unpaired) electrons. The monoisotopic (exact) mass is 366 g/mol. The molecule has 132 valence electrons. The van der Waals surface area contributed by atoms with E-state index in [1.54, 1.807) is 11.8 Å². The summed E-state index contributed by atoms with van der Waals surface area (Å²) in [6.45, 7) is 0. The van der Waals surface area contributed by atoms with Crippen LogP contribution in [-0.4, -0.2) is 33.5 Å². The molecule has 3 rings (SSSR count). The van der Waals surface area contributed by atoms with Crippen molar-refractivity contribution in [3.63, 3.8) is 0 Å². The maximum atomic E-state index is 12.4. The second-order valence-corrected chi connectivity index (χ2v) is 9.53. The highest BCUT2D eigenvalue weighted by molar-refractivity contribution is 8.06. The number of nitrogens with zero attached hydrogens (tertiary/aromatic N) is 1. The van der Waals surface area contributed by atoms with Crippen molar-refractivity contribution < 1.29 is 9.90 Å². The van der Waals surface area contributed by atoms with E-state index in [0.717, 1.165) is 36.3 Å². The van der Waals surface area contributed by atoms with Gasteiger partial charge in [-0.3, -0.25) is 4.79 Å². The van der Waals surface area contributed by atoms with Crippen LogP contribution in [0.2, 0.25) is 0 Å². The molecule has 6 heteroatoms. The van der Waals surface area contributed by atoms with Gasteiger partial charge in [0.15, 0.2) is 0 Å². The predicted octanol–water partition coefficient (Wildman–Crippen LogP) is 3.57. The normalized spacial score (nSPS) is 32.3. The van der Waals surface area contributed by atoms with Crippen molar-refractivity contribution >= 4 is 29.4 Å². The van der Waals surface area contributed by atoms with Gasteiger partial charge in [0, 0.05) is 21.8 Å². The standard InChI is InChI=1S/C18H26N2O2S2/c19-10-14-16(11-23-12-6-2-1-3-7-12)24-18(20-17(14)22)13-8-4-5-9-15(13)21/h12-13,15,18,21H,1-9,11H2,(H,20,22). The summed E-state index contributed by atoms with van der Waals surface area (Å²) in [4.78, 5) is 13.3. The largest absolute Gasteiger partial charge is 0.393 e. The van der Waals surface area contributed by atoms with Crippen LogP contribution in [0.3, 0.4) is 0 Å². The van der Waals surface area contributed by atoms with E-state index < -0.39 is 0 Å². The number of rotatable bonds is 4. The lowest BCUT2D eigenvalue weighted by molar-refractivity contribution is -0.118. The average Bonchev–Trinajstić information content (AvgIpc) is 2.61. The van der Waals surface area contributed by atoms with Crippen molar-refractivity contribution in [1.29, 1.82) is 5.26 Å². The third-order valence-corrected chi connectivity index (χ3v) is 8.27. The Morgan fingerprint density at radius 1 is 1.17 bits per heavy atom. The molecule has 0 spiro atoms. The number of carbonyl (C=O) groups excluding carboxylic acids is 1. The zero-order valence-electron chi connectivity index (χ0n) is 14.0. The molecule has 0 saturated heterocycles. The zero-order valence-corrected chi connectivity index (χ0v) is 15.6. The molecule has 3 atom stereocenters. The highest BCUT2D eigenvalue weighted by Gasteiger charge is 2.37. The maximum Gasteiger partial charge on any atom is 0.263 e. The van der Waals surface area contributed by atoms with Crippen LogP contribution >= 0.6 is 23.5 Å². The first kappa shape index (κ1) is 18.2. The molecule has 3 aliphatic rings. The van der Waals surface area contributed by atoms with Gasteiger partial charge in [-0.2, -0.15) is 17.0 Å². The Morgan fingerprint density at radius 3 is 2.58 bits per heavy atom. The molecular formula is C18H26N2O2S2. The molecule has 0 aromatic heterocycles. The van der Waals surface area contributed by atoms with E-state index in [0.29, 0.717) is 5.25 Å². The van der Waals surface area contributed by atoms with Gasteiger partial charge in [-0.1, -0.05) is 32.1 Å². The molecule has 0 aromatic carbocycles. The fourth-order valence-electron chi connectivity index (χ4n) is 3.90. The van der Waals surface area contributed by atoms with E-state index in [9.17, 15) is 15.2 Å². The molecule has 2 aliphatic carbocycles. The summed E-state index contributed by atoms with van der Waals surface area (Å²) in [5.41, 5.74) is 0.282. The average molecular weight is 367 g/mol. The summed E-state index contributed by atoms with van der Waals surface area (Å²) in [6.07, 6.45) is 10.0. The van der Waals surface area contributed by atoms with Crippen LogP contribution in [0, 0.1) is 17.2 Å². The SMILES string of the molecule is N#CC1=C(CSC2CCCCC2)SC(C2CCCCC2O)NC1=O. The topological polar surface area (TPSA) is 73.1 Å². The van der Waals surface area contributed by atoms with Gasteiger partial charge in [-0.15, -0.1) is 11.8 Å². The maximum absolute atomic E-state index is 12.4. The van der Waals surface area contributed by atoms with Gasteiger partial charge in [0.1, 0.15) is 11.6 Å². The summed E-state index contributed by atoms with van der Waals surface area (Å²) in [6, 6.07) is 2.10. The molecule has 2 fully saturated rings. The van der Waals surface area contributed by atoms with E-state index in [2.05, 4.69) is 11.4 Å². The van der Waals surface area contributed by atoms with Crippen LogP contribution in [0.4, 0.5) is 0 Å². The highest BCUT2D eigenvalue weighted by Crippen LogP contribution is 2.40. The number of hydrogen-bond donors (Lipinski definition) is 2. The van der Waals surface area contributed by atoms with Gasteiger partial charge in [0.05, 0.1) is 11.5 Å². The highest BCUT2D eigenvalue weighted by atomic mass is 32.2. The molecule has 1 heterocycles. The second kappa shape index (κ2) is 8.64. The number of nitrogens with one attached hydrogen (secondary N) is 1. The molecular weight excluding hydrogens is 340 g/mol. The lowest BCUT2D eigenvalue weighted by Crippen LogP contribution is -2.46. The van der Waals surface area contributed by atoms with Gasteiger partial charge >= 0.3 is 0 Å². The lowest BCUT2D eigenvalue weighted by Gasteiger charge is -2.37. The fraction of sp³-hybridized carbons (Fsp3) is 0.778. The van der Waals surface area contributed by atoms with Gasteiger partial charge in [-0.25, -0.2) is 0 Å². The Bertz CT molecular complexity index is 538. The van der Waals surface area contributed by atoms with E-state index >= 15 is 0 Å². The fourth-order valence-corrected chi connectivity index (χ4v) is 6.80. The predicted molar refractivity (Wildman–Crippen MR) is 99.5 cm³/mol. The van der Waals surface area contributed by atoms with Crippen LogP contribution in [0.15, 0.2) is 10.5 Å². The molecule has 0 aromatic rings. The molecule has 1 amide bonds. The van der Waals surface area contributed by atoms with Crippen molar-refractivity contribution in [2.45, 2.75) is 74.5 Å². The summed E-state index contributed by atoms with van der Waals surface area (Å²) < 4.78 is 0. The zero-order chi connectivity index (χ0) is 16.9. The smallest absolute Gasteiger partial charge is 0.263 e. The van der Waals surface area contributed by atoms with E-state index in [1.165, 1.54) is 32.1 Å². The van der Waals surface area contributed by atoms with Gasteiger partial charge in [0.25, 0.3) is 5.91 Å². The Balaban J connectivity index is 1.67. The first-order valence-electron chi connectivity index (χ1n) is 9.09. The Hall–Kier alpha value is -0.640. The van der Waals surface area contributed by atoms with Crippen molar-refractivity contribution in [3.8, 4) is 6.07 Å². The van der Waals surface area contributed by atoms with E-state index in [1.807, 2.05) is 11.8 Å². The molecule has 1 aliphatic heterocycles. The minimum absolute atomic E-state index is 0.0909. The van der Waals surface area contributed by atoms with Gasteiger partial charge < -0.3 is 10.4 Å². The van der Waals surface area contributed by atoms with Crippen molar-refractivity contribution in [3.05, 3.63) is 10.5 Å². The molecule has 0 bridgehead atoms.